The van der Waals surface area contributed by atoms with Gasteiger partial charge < -0.3 is 28.8 Å². The minimum absolute atomic E-state index is 0.0735. The second-order valence-corrected chi connectivity index (χ2v) is 7.25. The Morgan fingerprint density at radius 2 is 1.44 bits per heavy atom. The second kappa shape index (κ2) is 9.14. The van der Waals surface area contributed by atoms with E-state index in [1.54, 1.807) is 33.5 Å². The summed E-state index contributed by atoms with van der Waals surface area (Å²) in [5.74, 6) is 2.97. The molecule has 3 aromatic rings. The minimum atomic E-state index is 0.0735. The summed E-state index contributed by atoms with van der Waals surface area (Å²) >= 11 is 0. The first-order valence-electron chi connectivity index (χ1n) is 10.2. The van der Waals surface area contributed by atoms with Crippen molar-refractivity contribution in [1.82, 2.24) is 0 Å². The van der Waals surface area contributed by atoms with Crippen LogP contribution in [0.2, 0.25) is 0 Å². The quantitative estimate of drug-likeness (QED) is 0.578. The van der Waals surface area contributed by atoms with Gasteiger partial charge in [0.25, 0.3) is 0 Å². The van der Waals surface area contributed by atoms with E-state index >= 15 is 0 Å². The first kappa shape index (κ1) is 21.4. The number of phenols is 1. The molecule has 1 aliphatic heterocycles. The van der Waals surface area contributed by atoms with E-state index in [1.165, 1.54) is 7.11 Å². The molecule has 6 nitrogen and oxygen atoms in total. The van der Waals surface area contributed by atoms with Crippen LogP contribution in [0.25, 0.3) is 11.1 Å². The summed E-state index contributed by atoms with van der Waals surface area (Å²) in [7, 11) is 6.32. The number of phenolic OH excluding ortho intramolecular Hbond substituents is 1. The Bertz CT molecular complexity index is 1140. The summed E-state index contributed by atoms with van der Waals surface area (Å²) in [6.07, 6.45) is 0.648. The van der Waals surface area contributed by atoms with Crippen molar-refractivity contribution in [2.24, 2.45) is 0 Å². The highest BCUT2D eigenvalue weighted by Gasteiger charge is 2.24. The van der Waals surface area contributed by atoms with Gasteiger partial charge in [-0.25, -0.2) is 0 Å². The zero-order valence-electron chi connectivity index (χ0n) is 18.6. The van der Waals surface area contributed by atoms with Gasteiger partial charge in [0.1, 0.15) is 5.75 Å². The van der Waals surface area contributed by atoms with Gasteiger partial charge >= 0.3 is 0 Å². The maximum Gasteiger partial charge on any atom is 0.203 e. The first-order chi connectivity index (χ1) is 15.6. The van der Waals surface area contributed by atoms with E-state index < -0.39 is 0 Å². The largest absolute Gasteiger partial charge is 0.504 e. The highest BCUT2D eigenvalue weighted by atomic mass is 16.5. The minimum Gasteiger partial charge on any atom is -0.504 e. The lowest BCUT2D eigenvalue weighted by atomic mass is 9.87. The number of methoxy groups -OCH3 is 4. The van der Waals surface area contributed by atoms with Crippen molar-refractivity contribution >= 4 is 11.1 Å². The second-order valence-electron chi connectivity index (χ2n) is 7.25. The van der Waals surface area contributed by atoms with Crippen molar-refractivity contribution in [3.63, 3.8) is 0 Å². The van der Waals surface area contributed by atoms with E-state index in [-0.39, 0.29) is 5.75 Å². The molecule has 0 saturated heterocycles. The predicted molar refractivity (Wildman–Crippen MR) is 123 cm³/mol. The van der Waals surface area contributed by atoms with Crippen LogP contribution in [-0.4, -0.2) is 40.2 Å². The Balaban J connectivity index is 2.03. The summed E-state index contributed by atoms with van der Waals surface area (Å²) in [5.41, 5.74) is 4.72. The molecule has 0 bridgehead atoms. The van der Waals surface area contributed by atoms with Crippen LogP contribution >= 0.6 is 0 Å². The number of aromatic hydroxyl groups is 1. The van der Waals surface area contributed by atoms with Gasteiger partial charge in [-0.3, -0.25) is 0 Å². The van der Waals surface area contributed by atoms with E-state index in [0.29, 0.717) is 36.0 Å². The molecule has 166 valence electrons. The highest BCUT2D eigenvalue weighted by molar-refractivity contribution is 6.01. The monoisotopic (exact) mass is 434 g/mol. The molecule has 6 heteroatoms. The van der Waals surface area contributed by atoms with E-state index in [4.69, 9.17) is 23.7 Å². The third kappa shape index (κ3) is 3.80. The molecule has 0 radical (unpaired) electrons. The Morgan fingerprint density at radius 3 is 2.06 bits per heavy atom. The molecular weight excluding hydrogens is 408 g/mol. The molecule has 0 spiro atoms. The lowest BCUT2D eigenvalue weighted by Gasteiger charge is -2.19. The normalized spacial score (nSPS) is 13.0. The van der Waals surface area contributed by atoms with Crippen molar-refractivity contribution in [3.05, 3.63) is 71.3 Å². The van der Waals surface area contributed by atoms with Crippen LogP contribution < -0.4 is 23.7 Å². The summed E-state index contributed by atoms with van der Waals surface area (Å²) in [4.78, 5) is 0. The van der Waals surface area contributed by atoms with Gasteiger partial charge in [0.05, 0.1) is 35.0 Å². The fraction of sp³-hybridized carbons (Fsp3) is 0.231. The molecule has 1 N–H and O–H groups in total. The molecule has 0 atom stereocenters. The molecule has 32 heavy (non-hydrogen) atoms. The number of hydrogen-bond acceptors (Lipinski definition) is 6. The van der Waals surface area contributed by atoms with Gasteiger partial charge in [0, 0.05) is 12.0 Å². The van der Waals surface area contributed by atoms with E-state index in [1.807, 2.05) is 42.5 Å². The number of rotatable bonds is 6. The molecular formula is C26H26O6. The van der Waals surface area contributed by atoms with Crippen LogP contribution in [0.1, 0.15) is 23.1 Å². The van der Waals surface area contributed by atoms with Crippen LogP contribution in [0.5, 0.6) is 34.5 Å². The lowest BCUT2D eigenvalue weighted by Crippen LogP contribution is -2.00. The fourth-order valence-corrected chi connectivity index (χ4v) is 4.07. The Labute approximate surface area is 187 Å². The number of para-hydroxylation sites is 1. The van der Waals surface area contributed by atoms with Crippen LogP contribution in [0.3, 0.4) is 0 Å². The van der Waals surface area contributed by atoms with E-state index in [0.717, 1.165) is 33.6 Å². The average Bonchev–Trinajstić information content (AvgIpc) is 3.02. The van der Waals surface area contributed by atoms with Gasteiger partial charge in [-0.05, 0) is 52.6 Å². The number of ether oxygens (including phenoxy) is 5. The zero-order chi connectivity index (χ0) is 22.7. The van der Waals surface area contributed by atoms with Crippen LogP contribution in [-0.2, 0) is 0 Å². The predicted octanol–water partition coefficient (Wildman–Crippen LogP) is 5.17. The summed E-state index contributed by atoms with van der Waals surface area (Å²) in [6.45, 7) is 0.509. The number of hydrogen-bond donors (Lipinski definition) is 1. The molecule has 0 amide bonds. The molecule has 0 saturated carbocycles. The van der Waals surface area contributed by atoms with Gasteiger partial charge in [-0.2, -0.15) is 0 Å². The average molecular weight is 434 g/mol. The molecule has 0 aliphatic carbocycles. The lowest BCUT2D eigenvalue weighted by molar-refractivity contribution is 0.323. The van der Waals surface area contributed by atoms with Crippen molar-refractivity contribution in [2.45, 2.75) is 6.42 Å². The van der Waals surface area contributed by atoms with Gasteiger partial charge in [-0.15, -0.1) is 0 Å². The third-order valence-corrected chi connectivity index (χ3v) is 5.55. The molecule has 1 heterocycles. The molecule has 0 fully saturated rings. The van der Waals surface area contributed by atoms with Crippen LogP contribution in [0, 0.1) is 0 Å². The van der Waals surface area contributed by atoms with Crippen molar-refractivity contribution in [3.8, 4) is 34.5 Å². The van der Waals surface area contributed by atoms with Gasteiger partial charge in [-0.1, -0.05) is 24.3 Å². The van der Waals surface area contributed by atoms with Crippen molar-refractivity contribution < 1.29 is 28.8 Å². The molecule has 0 unspecified atom stereocenters. The fourth-order valence-electron chi connectivity index (χ4n) is 4.07. The van der Waals surface area contributed by atoms with Crippen molar-refractivity contribution in [2.75, 3.05) is 35.0 Å². The van der Waals surface area contributed by atoms with Gasteiger partial charge in [0.15, 0.2) is 23.0 Å². The SMILES string of the molecule is COc1ccc(C2=C(c3cc(OC)c(OC)c(OC)c3)CCOc3ccccc32)cc1O. The zero-order valence-corrected chi connectivity index (χ0v) is 18.6. The standard InChI is InChI=1S/C26H26O6/c1-28-22-10-9-16(13-20(22)27)25-18(11-12-32-21-8-6-5-7-19(21)25)17-14-23(29-2)26(31-4)24(15-17)30-3/h5-10,13-15,27H,11-12H2,1-4H3. The molecule has 0 aromatic heterocycles. The number of benzene rings is 3. The smallest absolute Gasteiger partial charge is 0.203 e. The molecule has 1 aliphatic rings. The maximum absolute atomic E-state index is 10.5. The van der Waals surface area contributed by atoms with Crippen molar-refractivity contribution in [1.29, 1.82) is 0 Å². The Kier molecular flexibility index (Phi) is 6.12. The Hall–Kier alpha value is -3.80. The summed E-state index contributed by atoms with van der Waals surface area (Å²) < 4.78 is 28.0. The summed E-state index contributed by atoms with van der Waals surface area (Å²) in [6, 6.07) is 17.2. The van der Waals surface area contributed by atoms with Gasteiger partial charge in [0.2, 0.25) is 5.75 Å². The summed E-state index contributed by atoms with van der Waals surface area (Å²) in [5, 5.41) is 10.5. The van der Waals surface area contributed by atoms with Crippen LogP contribution in [0.4, 0.5) is 0 Å². The third-order valence-electron chi connectivity index (χ3n) is 5.55. The number of fused-ring (bicyclic) bond motifs is 1. The molecule has 4 rings (SSSR count). The topological polar surface area (TPSA) is 66.4 Å². The molecule has 3 aromatic carbocycles. The van der Waals surface area contributed by atoms with E-state index in [9.17, 15) is 5.11 Å². The van der Waals surface area contributed by atoms with Crippen LogP contribution in [0.15, 0.2) is 54.6 Å². The maximum atomic E-state index is 10.5. The van der Waals surface area contributed by atoms with E-state index in [2.05, 4.69) is 0 Å². The Morgan fingerprint density at radius 1 is 0.750 bits per heavy atom. The highest BCUT2D eigenvalue weighted by Crippen LogP contribution is 2.46. The first-order valence-corrected chi connectivity index (χ1v) is 10.2.